The Hall–Kier alpha value is 0.420. The van der Waals surface area contributed by atoms with Crippen LogP contribution < -0.4 is 5.32 Å². The molecule has 84 valence electrons. The molecule has 0 saturated heterocycles. The maximum absolute atomic E-state index is 11.6. The lowest BCUT2D eigenvalue weighted by Gasteiger charge is -2.01. The van der Waals surface area contributed by atoms with Gasteiger partial charge in [-0.3, -0.25) is 4.79 Å². The van der Waals surface area contributed by atoms with Crippen LogP contribution in [-0.2, 0) is 0 Å². The second kappa shape index (κ2) is 6.89. The van der Waals surface area contributed by atoms with Crippen molar-refractivity contribution in [1.29, 1.82) is 0 Å². The zero-order valence-corrected chi connectivity index (χ0v) is 12.6. The first kappa shape index (κ1) is 13.5. The Morgan fingerprint density at radius 2 is 2.20 bits per heavy atom. The number of carbonyl (C=O) groups excluding carboxylic acids is 1. The Balaban J connectivity index is 2.40. The highest BCUT2D eigenvalue weighted by Gasteiger charge is 2.10. The van der Waals surface area contributed by atoms with Gasteiger partial charge in [-0.05, 0) is 50.8 Å². The topological polar surface area (TPSA) is 29.1 Å². The number of alkyl halides is 1. The largest absolute Gasteiger partial charge is 0.351 e. The Bertz CT molecular complexity index is 323. The minimum atomic E-state index is -0.0269. The van der Waals surface area contributed by atoms with Crippen molar-refractivity contribution in [2.75, 3.05) is 12.4 Å². The SMILES string of the molecule is O=C(NCCCCCl)c1cc(Br)c(Br)s1. The fourth-order valence-electron chi connectivity index (χ4n) is 0.967. The molecular formula is C9H10Br2ClNOS. The Morgan fingerprint density at radius 1 is 1.47 bits per heavy atom. The van der Waals surface area contributed by atoms with Crippen molar-refractivity contribution in [2.45, 2.75) is 12.8 Å². The predicted molar refractivity (Wildman–Crippen MR) is 72.0 cm³/mol. The molecule has 1 aromatic heterocycles. The minimum absolute atomic E-state index is 0.0269. The first-order valence-electron chi connectivity index (χ1n) is 4.44. The van der Waals surface area contributed by atoms with Crippen LogP contribution in [0.1, 0.15) is 22.5 Å². The van der Waals surface area contributed by atoms with E-state index in [4.69, 9.17) is 11.6 Å². The van der Waals surface area contributed by atoms with E-state index in [2.05, 4.69) is 37.2 Å². The molecule has 1 aromatic rings. The standard InChI is InChI=1S/C9H10Br2ClNOS/c10-6-5-7(15-8(6)11)9(14)13-4-2-1-3-12/h5H,1-4H2,(H,13,14). The van der Waals surface area contributed by atoms with Crippen LogP contribution in [0, 0.1) is 0 Å². The van der Waals surface area contributed by atoms with E-state index in [-0.39, 0.29) is 5.91 Å². The number of unbranched alkanes of at least 4 members (excludes halogenated alkanes) is 1. The van der Waals surface area contributed by atoms with E-state index in [0.29, 0.717) is 17.3 Å². The molecule has 0 fully saturated rings. The van der Waals surface area contributed by atoms with Crippen molar-refractivity contribution in [3.05, 3.63) is 19.2 Å². The van der Waals surface area contributed by atoms with Crippen LogP contribution in [0.2, 0.25) is 0 Å². The zero-order valence-electron chi connectivity index (χ0n) is 7.86. The second-order valence-corrected chi connectivity index (χ2v) is 6.49. The van der Waals surface area contributed by atoms with Crippen molar-refractivity contribution in [3.8, 4) is 0 Å². The van der Waals surface area contributed by atoms with E-state index in [1.165, 1.54) is 11.3 Å². The van der Waals surface area contributed by atoms with E-state index in [1.54, 1.807) is 0 Å². The maximum Gasteiger partial charge on any atom is 0.261 e. The van der Waals surface area contributed by atoms with Crippen molar-refractivity contribution in [3.63, 3.8) is 0 Å². The van der Waals surface area contributed by atoms with Gasteiger partial charge in [0.1, 0.15) is 0 Å². The van der Waals surface area contributed by atoms with Gasteiger partial charge in [-0.2, -0.15) is 0 Å². The third-order valence-electron chi connectivity index (χ3n) is 1.71. The van der Waals surface area contributed by atoms with Gasteiger partial charge in [0.15, 0.2) is 0 Å². The van der Waals surface area contributed by atoms with Gasteiger partial charge in [0.05, 0.1) is 8.66 Å². The molecule has 0 saturated carbocycles. The summed E-state index contributed by atoms with van der Waals surface area (Å²) in [5, 5.41) is 2.85. The van der Waals surface area contributed by atoms with Crippen LogP contribution in [-0.4, -0.2) is 18.3 Å². The predicted octanol–water partition coefficient (Wildman–Crippen LogP) is 4.02. The minimum Gasteiger partial charge on any atom is -0.351 e. The number of carbonyl (C=O) groups is 1. The Morgan fingerprint density at radius 3 is 2.73 bits per heavy atom. The summed E-state index contributed by atoms with van der Waals surface area (Å²) in [6.07, 6.45) is 1.85. The fourth-order valence-corrected chi connectivity index (χ4v) is 3.11. The zero-order chi connectivity index (χ0) is 11.3. The summed E-state index contributed by atoms with van der Waals surface area (Å²) >= 11 is 13.6. The average Bonchev–Trinajstić information content (AvgIpc) is 2.54. The molecule has 0 aliphatic rings. The third kappa shape index (κ3) is 4.43. The lowest BCUT2D eigenvalue weighted by atomic mass is 10.3. The van der Waals surface area contributed by atoms with Crippen LogP contribution in [0.3, 0.4) is 0 Å². The van der Waals surface area contributed by atoms with Crippen molar-refractivity contribution in [1.82, 2.24) is 5.32 Å². The van der Waals surface area contributed by atoms with Crippen LogP contribution in [0.25, 0.3) is 0 Å². The molecule has 6 heteroatoms. The quantitative estimate of drug-likeness (QED) is 0.611. The Labute approximate surface area is 115 Å². The first-order valence-corrected chi connectivity index (χ1v) is 7.38. The van der Waals surface area contributed by atoms with Crippen LogP contribution in [0.4, 0.5) is 0 Å². The monoisotopic (exact) mass is 373 g/mol. The summed E-state index contributed by atoms with van der Waals surface area (Å²) in [7, 11) is 0. The van der Waals surface area contributed by atoms with Gasteiger partial charge in [-0.1, -0.05) is 0 Å². The second-order valence-electron chi connectivity index (χ2n) is 2.88. The van der Waals surface area contributed by atoms with Gasteiger partial charge in [-0.25, -0.2) is 0 Å². The molecule has 2 nitrogen and oxygen atoms in total. The molecule has 0 radical (unpaired) electrons. The van der Waals surface area contributed by atoms with Gasteiger partial charge >= 0.3 is 0 Å². The molecule has 0 aromatic carbocycles. The number of halogens is 3. The molecular weight excluding hydrogens is 365 g/mol. The van der Waals surface area contributed by atoms with Crippen LogP contribution in [0.5, 0.6) is 0 Å². The summed E-state index contributed by atoms with van der Waals surface area (Å²) in [6.45, 7) is 0.679. The highest BCUT2D eigenvalue weighted by atomic mass is 79.9. The van der Waals surface area contributed by atoms with Gasteiger partial charge < -0.3 is 5.32 Å². The summed E-state index contributed by atoms with van der Waals surface area (Å²) in [4.78, 5) is 12.3. The Kier molecular flexibility index (Phi) is 6.19. The number of nitrogens with one attached hydrogen (secondary N) is 1. The van der Waals surface area contributed by atoms with Gasteiger partial charge in [0, 0.05) is 16.9 Å². The first-order chi connectivity index (χ1) is 7.15. The van der Waals surface area contributed by atoms with Crippen LogP contribution in [0.15, 0.2) is 14.3 Å². The number of thiophene rings is 1. The van der Waals surface area contributed by atoms with E-state index in [0.717, 1.165) is 21.1 Å². The molecule has 0 aliphatic heterocycles. The molecule has 0 bridgehead atoms. The maximum atomic E-state index is 11.6. The van der Waals surface area contributed by atoms with E-state index in [9.17, 15) is 4.79 Å². The van der Waals surface area contributed by atoms with Crippen molar-refractivity contribution >= 4 is 60.7 Å². The summed E-state index contributed by atoms with van der Waals surface area (Å²) in [6, 6.07) is 1.81. The number of hydrogen-bond acceptors (Lipinski definition) is 2. The lowest BCUT2D eigenvalue weighted by molar-refractivity contribution is 0.0957. The third-order valence-corrected chi connectivity index (χ3v) is 5.24. The normalized spacial score (nSPS) is 10.3. The van der Waals surface area contributed by atoms with Gasteiger partial charge in [0.2, 0.25) is 0 Å². The van der Waals surface area contributed by atoms with Crippen LogP contribution >= 0.6 is 54.8 Å². The lowest BCUT2D eigenvalue weighted by Crippen LogP contribution is -2.23. The molecule has 1 heterocycles. The van der Waals surface area contributed by atoms with Gasteiger partial charge in [0.25, 0.3) is 5.91 Å². The molecule has 0 atom stereocenters. The van der Waals surface area contributed by atoms with E-state index >= 15 is 0 Å². The van der Waals surface area contributed by atoms with Gasteiger partial charge in [-0.15, -0.1) is 22.9 Å². The average molecular weight is 376 g/mol. The number of amides is 1. The molecule has 0 aliphatic carbocycles. The molecule has 15 heavy (non-hydrogen) atoms. The molecule has 1 N–H and O–H groups in total. The van der Waals surface area contributed by atoms with Crippen molar-refractivity contribution < 1.29 is 4.79 Å². The molecule has 1 rings (SSSR count). The molecule has 1 amide bonds. The molecule has 0 spiro atoms. The van der Waals surface area contributed by atoms with E-state index < -0.39 is 0 Å². The highest BCUT2D eigenvalue weighted by molar-refractivity contribution is 9.13. The van der Waals surface area contributed by atoms with E-state index in [1.807, 2.05) is 6.07 Å². The summed E-state index contributed by atoms with van der Waals surface area (Å²) in [5.41, 5.74) is 0. The highest BCUT2D eigenvalue weighted by Crippen LogP contribution is 2.32. The number of hydrogen-bond donors (Lipinski definition) is 1. The summed E-state index contributed by atoms with van der Waals surface area (Å²) < 4.78 is 1.85. The van der Waals surface area contributed by atoms with Crippen molar-refractivity contribution in [2.24, 2.45) is 0 Å². The smallest absolute Gasteiger partial charge is 0.261 e. The summed E-state index contributed by atoms with van der Waals surface area (Å²) in [5.74, 6) is 0.618. The molecule has 0 unspecified atom stereocenters. The fraction of sp³-hybridized carbons (Fsp3) is 0.444. The number of rotatable bonds is 5.